The van der Waals surface area contributed by atoms with Crippen molar-refractivity contribution in [3.63, 3.8) is 0 Å². The largest absolute Gasteiger partial charge is 0.495 e. The van der Waals surface area contributed by atoms with Crippen LogP contribution in [0, 0.1) is 5.92 Å². The van der Waals surface area contributed by atoms with Crippen LogP contribution >= 0.6 is 11.6 Å². The Bertz CT molecular complexity index is 480. The van der Waals surface area contributed by atoms with Crippen LogP contribution in [0.4, 0.5) is 5.69 Å². The van der Waals surface area contributed by atoms with Gasteiger partial charge in [-0.05, 0) is 37.0 Å². The molecule has 22 heavy (non-hydrogen) atoms. The van der Waals surface area contributed by atoms with Gasteiger partial charge < -0.3 is 9.64 Å². The second-order valence-electron chi connectivity index (χ2n) is 6.61. The van der Waals surface area contributed by atoms with Gasteiger partial charge in [-0.3, -0.25) is 4.90 Å². The van der Waals surface area contributed by atoms with Gasteiger partial charge in [-0.2, -0.15) is 0 Å². The molecule has 1 saturated heterocycles. The maximum Gasteiger partial charge on any atom is 0.142 e. The molecule has 0 unspecified atom stereocenters. The first-order valence-electron chi connectivity index (χ1n) is 8.57. The minimum Gasteiger partial charge on any atom is -0.495 e. The first-order chi connectivity index (χ1) is 10.8. The van der Waals surface area contributed by atoms with E-state index in [1.54, 1.807) is 7.11 Å². The third-order valence-corrected chi connectivity index (χ3v) is 5.33. The monoisotopic (exact) mass is 322 g/mol. The molecular formula is C18H27ClN2O. The van der Waals surface area contributed by atoms with E-state index in [0.717, 1.165) is 48.6 Å². The highest BCUT2D eigenvalue weighted by atomic mass is 35.5. The number of halogens is 1. The number of hydrogen-bond acceptors (Lipinski definition) is 3. The normalized spacial score (nSPS) is 21.1. The number of rotatable bonds is 4. The molecule has 0 aromatic heterocycles. The predicted molar refractivity (Wildman–Crippen MR) is 93.2 cm³/mol. The maximum absolute atomic E-state index is 6.16. The summed E-state index contributed by atoms with van der Waals surface area (Å²) in [6.07, 6.45) is 7.18. The van der Waals surface area contributed by atoms with Crippen LogP contribution in [-0.2, 0) is 0 Å². The van der Waals surface area contributed by atoms with Gasteiger partial charge in [0.1, 0.15) is 5.75 Å². The average molecular weight is 323 g/mol. The molecule has 0 radical (unpaired) electrons. The smallest absolute Gasteiger partial charge is 0.142 e. The van der Waals surface area contributed by atoms with Gasteiger partial charge in [0.2, 0.25) is 0 Å². The van der Waals surface area contributed by atoms with E-state index in [-0.39, 0.29) is 0 Å². The van der Waals surface area contributed by atoms with E-state index in [9.17, 15) is 0 Å². The molecule has 122 valence electrons. The van der Waals surface area contributed by atoms with Crippen LogP contribution in [0.1, 0.15) is 32.1 Å². The highest BCUT2D eigenvalue weighted by Gasteiger charge is 2.23. The Hall–Kier alpha value is -0.930. The van der Waals surface area contributed by atoms with Gasteiger partial charge in [0.25, 0.3) is 0 Å². The molecule has 0 atom stereocenters. The summed E-state index contributed by atoms with van der Waals surface area (Å²) in [5.74, 6) is 1.85. The van der Waals surface area contributed by atoms with Gasteiger partial charge in [-0.15, -0.1) is 0 Å². The molecule has 3 rings (SSSR count). The predicted octanol–water partition coefficient (Wildman–Crippen LogP) is 4.05. The van der Waals surface area contributed by atoms with Crippen LogP contribution in [0.15, 0.2) is 18.2 Å². The second-order valence-corrected chi connectivity index (χ2v) is 7.04. The van der Waals surface area contributed by atoms with Crippen LogP contribution in [0.3, 0.4) is 0 Å². The van der Waals surface area contributed by atoms with Crippen molar-refractivity contribution in [2.45, 2.75) is 32.1 Å². The van der Waals surface area contributed by atoms with Crippen molar-refractivity contribution in [2.24, 2.45) is 5.92 Å². The summed E-state index contributed by atoms with van der Waals surface area (Å²) in [7, 11) is 1.73. The van der Waals surface area contributed by atoms with Crippen LogP contribution < -0.4 is 9.64 Å². The molecule has 3 nitrogen and oxygen atoms in total. The molecule has 0 N–H and O–H groups in total. The minimum atomic E-state index is 0.778. The minimum absolute atomic E-state index is 0.778. The first-order valence-corrected chi connectivity index (χ1v) is 8.95. The second kappa shape index (κ2) is 7.56. The highest BCUT2D eigenvalue weighted by Crippen LogP contribution is 2.32. The zero-order valence-electron chi connectivity index (χ0n) is 13.6. The summed E-state index contributed by atoms with van der Waals surface area (Å²) in [4.78, 5) is 5.05. The van der Waals surface area contributed by atoms with E-state index >= 15 is 0 Å². The van der Waals surface area contributed by atoms with E-state index in [1.807, 2.05) is 18.2 Å². The quantitative estimate of drug-likeness (QED) is 0.831. The van der Waals surface area contributed by atoms with Crippen LogP contribution in [0.25, 0.3) is 0 Å². The fraction of sp³-hybridized carbons (Fsp3) is 0.667. The Balaban J connectivity index is 1.56. The fourth-order valence-corrected chi connectivity index (χ4v) is 3.98. The Morgan fingerprint density at radius 2 is 1.82 bits per heavy atom. The van der Waals surface area contributed by atoms with Crippen LogP contribution in [-0.4, -0.2) is 44.7 Å². The standard InChI is InChI=1S/C18H27ClN2O/c1-22-18-8-7-16(19)13-17(18)21-11-9-20(10-12-21)14-15-5-3-2-4-6-15/h7-8,13,15H,2-6,9-12,14H2,1H3. The molecule has 1 aromatic rings. The summed E-state index contributed by atoms with van der Waals surface area (Å²) >= 11 is 6.16. The number of benzene rings is 1. The van der Waals surface area contributed by atoms with Crippen molar-refractivity contribution in [1.29, 1.82) is 0 Å². The SMILES string of the molecule is COc1ccc(Cl)cc1N1CCN(CC2CCCCC2)CC1. The summed E-state index contributed by atoms with van der Waals surface area (Å²) in [6, 6.07) is 5.88. The zero-order chi connectivity index (χ0) is 15.4. The molecular weight excluding hydrogens is 296 g/mol. The summed E-state index contributed by atoms with van der Waals surface area (Å²) in [5, 5.41) is 0.778. The molecule has 1 aromatic carbocycles. The summed E-state index contributed by atoms with van der Waals surface area (Å²) < 4.78 is 5.49. The van der Waals surface area contributed by atoms with Crippen molar-refractivity contribution in [2.75, 3.05) is 44.7 Å². The molecule has 1 aliphatic heterocycles. The van der Waals surface area contributed by atoms with E-state index in [1.165, 1.54) is 38.6 Å². The van der Waals surface area contributed by atoms with Crippen LogP contribution in [0.2, 0.25) is 5.02 Å². The zero-order valence-corrected chi connectivity index (χ0v) is 14.3. The van der Waals surface area contributed by atoms with Gasteiger partial charge in [0, 0.05) is 37.7 Å². The van der Waals surface area contributed by atoms with E-state index in [2.05, 4.69) is 9.80 Å². The molecule has 1 heterocycles. The number of methoxy groups -OCH3 is 1. The lowest BCUT2D eigenvalue weighted by Crippen LogP contribution is -2.48. The average Bonchev–Trinajstić information content (AvgIpc) is 2.56. The third-order valence-electron chi connectivity index (χ3n) is 5.10. The molecule has 0 spiro atoms. The van der Waals surface area contributed by atoms with Crippen LogP contribution in [0.5, 0.6) is 5.75 Å². The molecule has 1 aliphatic carbocycles. The molecule has 4 heteroatoms. The van der Waals surface area contributed by atoms with Crippen molar-refractivity contribution in [3.05, 3.63) is 23.2 Å². The fourth-order valence-electron chi connectivity index (χ4n) is 3.82. The Kier molecular flexibility index (Phi) is 5.48. The summed E-state index contributed by atoms with van der Waals surface area (Å²) in [6.45, 7) is 5.70. The lowest BCUT2D eigenvalue weighted by atomic mass is 9.89. The van der Waals surface area contributed by atoms with Crippen molar-refractivity contribution >= 4 is 17.3 Å². The Morgan fingerprint density at radius 1 is 1.09 bits per heavy atom. The molecule has 0 bridgehead atoms. The molecule has 2 aliphatic rings. The lowest BCUT2D eigenvalue weighted by molar-refractivity contribution is 0.192. The Morgan fingerprint density at radius 3 is 2.50 bits per heavy atom. The van der Waals surface area contributed by atoms with Gasteiger partial charge in [-0.1, -0.05) is 30.9 Å². The summed E-state index contributed by atoms with van der Waals surface area (Å²) in [5.41, 5.74) is 1.13. The molecule has 2 fully saturated rings. The van der Waals surface area contributed by atoms with E-state index in [0.29, 0.717) is 0 Å². The lowest BCUT2D eigenvalue weighted by Gasteiger charge is -2.38. The first kappa shape index (κ1) is 15.9. The van der Waals surface area contributed by atoms with Gasteiger partial charge in [0.15, 0.2) is 0 Å². The van der Waals surface area contributed by atoms with Gasteiger partial charge in [-0.25, -0.2) is 0 Å². The number of ether oxygens (including phenoxy) is 1. The number of hydrogen-bond donors (Lipinski definition) is 0. The number of piperazine rings is 1. The topological polar surface area (TPSA) is 15.7 Å². The van der Waals surface area contributed by atoms with Crippen molar-refractivity contribution in [1.82, 2.24) is 4.90 Å². The number of anilines is 1. The Labute approximate surface area is 139 Å². The van der Waals surface area contributed by atoms with E-state index in [4.69, 9.17) is 16.3 Å². The molecule has 1 saturated carbocycles. The maximum atomic E-state index is 6.16. The van der Waals surface area contributed by atoms with Gasteiger partial charge >= 0.3 is 0 Å². The van der Waals surface area contributed by atoms with Crippen molar-refractivity contribution < 1.29 is 4.74 Å². The van der Waals surface area contributed by atoms with Crippen molar-refractivity contribution in [3.8, 4) is 5.75 Å². The third kappa shape index (κ3) is 3.88. The molecule has 0 amide bonds. The number of nitrogens with zero attached hydrogens (tertiary/aromatic N) is 2. The highest BCUT2D eigenvalue weighted by molar-refractivity contribution is 6.30. The van der Waals surface area contributed by atoms with Gasteiger partial charge in [0.05, 0.1) is 12.8 Å². The van der Waals surface area contributed by atoms with E-state index < -0.39 is 0 Å².